The largest absolute Gasteiger partial charge is 0.508 e. The summed E-state index contributed by atoms with van der Waals surface area (Å²) < 4.78 is 47.2. The lowest BCUT2D eigenvalue weighted by Crippen LogP contribution is -2.44. The van der Waals surface area contributed by atoms with Crippen LogP contribution in [0.2, 0.25) is 0 Å². The molecular weight excluding hydrogens is 1920 g/mol. The smallest absolute Gasteiger partial charge is 0.490 e. The number of phenolic OH excluding ortho intramolecular Hbond substituents is 1. The molecule has 4 aliphatic rings. The number of hydrogen-bond acceptors (Lipinski definition) is 32. The Morgan fingerprint density at radius 2 is 0.964 bits per heavy atom. The number of benzene rings is 7. The highest BCUT2D eigenvalue weighted by molar-refractivity contribution is 9.10. The number of pyridine rings is 1. The van der Waals surface area contributed by atoms with Crippen LogP contribution in [0.4, 0.5) is 45.5 Å². The molecule has 0 saturated carbocycles. The second-order valence-corrected chi connectivity index (χ2v) is 37.2. The van der Waals surface area contributed by atoms with Gasteiger partial charge >= 0.3 is 24.2 Å². The van der Waals surface area contributed by atoms with Crippen LogP contribution in [0.5, 0.6) is 57.5 Å². The Labute approximate surface area is 853 Å². The number of aromatic hydroxyl groups is 1. The number of nitro benzene ring substituents is 3. The maximum Gasteiger partial charge on any atom is 0.490 e. The summed E-state index contributed by atoms with van der Waals surface area (Å²) in [5.41, 5.74) is 30.7. The fraction of sp³-hybridized carbons (Fsp3) is 0.520. The Morgan fingerprint density at radius 1 is 0.543 bits per heavy atom. The van der Waals surface area contributed by atoms with Crippen molar-refractivity contribution >= 4 is 95.5 Å². The third kappa shape index (κ3) is 54.3. The number of nitro groups is 3. The monoisotopic (exact) mass is 2090 g/mol. The number of rotatable bonds is 24. The van der Waals surface area contributed by atoms with Crippen LogP contribution >= 0.6 is 31.9 Å². The Morgan fingerprint density at radius 3 is 1.33 bits per heavy atom. The molecule has 12 rings (SSSR count). The first-order valence-corrected chi connectivity index (χ1v) is 46.4. The summed E-state index contributed by atoms with van der Waals surface area (Å²) in [5, 5.41) is 70.3. The molecule has 1 atom stereocenters. The molecule has 5 heterocycles. The van der Waals surface area contributed by atoms with Crippen molar-refractivity contribution in [2.24, 2.45) is 5.41 Å². The van der Waals surface area contributed by atoms with E-state index in [0.717, 1.165) is 88.5 Å². The Kier molecular flexibility index (Phi) is 67.5. The summed E-state index contributed by atoms with van der Waals surface area (Å²) in [4.78, 5) is 49.7. The highest BCUT2D eigenvalue weighted by atomic mass is 79.9. The zero-order valence-corrected chi connectivity index (χ0v) is 87.3. The van der Waals surface area contributed by atoms with Gasteiger partial charge in [-0.15, -0.1) is 0 Å². The van der Waals surface area contributed by atoms with Gasteiger partial charge in [-0.1, -0.05) is 107 Å². The maximum absolute atomic E-state index is 10.4. The highest BCUT2D eigenvalue weighted by Crippen LogP contribution is 2.35. The van der Waals surface area contributed by atoms with Crippen molar-refractivity contribution in [3.8, 4) is 57.5 Å². The molecule has 3 fully saturated rings. The molecule has 0 spiro atoms. The van der Waals surface area contributed by atoms with E-state index < -0.39 is 28.0 Å². The number of phenols is 1. The SMILES string of the molecule is C.C.C.C.CC(C)(C)N1CCCC1.CCCN1CCC=C(c2ccc(OC)c(N)c2)C1.CN(C)C(C)(C)C.CN1CCNCC1.COc1ccc(Br)cc1[N+](=O)[O-].COc1ccc(Br)cc1[N+](=O)[O-].COc1ccc(N2CCN(C)CC2)cc1N.COc1ccc(O)cc1[N+](=O)[O-].COc1ccc(OCCCN(C)C)cc1N.COc1ccc(OC[C@@H](O)CC(C)(C)C)cc1N.OB(O)c1cccnc1. The molecule has 0 radical (unpaired) electrons. The second-order valence-electron chi connectivity index (χ2n) is 35.4. The van der Waals surface area contributed by atoms with Crippen molar-refractivity contribution in [2.45, 2.75) is 155 Å². The standard InChI is InChI=1S/C15H22N2O.C14H23NO3.C12H19N3O.C12H20N2O2.C8H17N.2C7H6BrNO3.C7H7NO4.C6H15N.C5H6BNO2.C5H12N2.4CH4/c1-3-8-17-9-4-5-13(11-17)12-6-7-15(18-2)14(16)10-12;1-14(2,3)8-10(16)9-18-11-5-6-13(17-4)12(15)7-11;1-14-5-7-15(8-6-14)10-3-4-12(16-2)11(13)9-10;1-14(2)7-4-8-16-10-5-6-12(15-3)11(13)9-10;1-8(2,3)9-6-4-5-7-9;2*1-12-7-3-2-5(8)4-6(7)9(10)11;1-12-7-3-2-5(9)4-6(7)8(10)11;1-6(2,3)7(4)5;8-6(9)5-2-1-3-7-4-5;1-7-4-2-6-3-5-7;;;;/h5-7,10H,3-4,8-9,11,16H2,1-2H3;5-7,10,16H,8-9,15H2,1-4H3;3-4,9H,5-8,13H2,1-2H3;5-6,9H,4,7-8,13H2,1-3H3;4-7H2,1-3H3;2*2-4H,1H3;2-4,9H,1H3;1-5H3;1-4,8-9H;6H,2-5H2,1H3;4*1H4/t;10-;;;;;;;;;;;;;/m.0............./s1. The summed E-state index contributed by atoms with van der Waals surface area (Å²) >= 11 is 6.27. The van der Waals surface area contributed by atoms with E-state index in [-0.39, 0.29) is 81.8 Å². The van der Waals surface area contributed by atoms with E-state index in [9.17, 15) is 35.4 Å². The molecule has 140 heavy (non-hydrogen) atoms. The van der Waals surface area contributed by atoms with Crippen molar-refractivity contribution < 1.29 is 77.7 Å². The minimum Gasteiger partial charge on any atom is -0.508 e. The zero-order chi connectivity index (χ0) is 102. The molecule has 1 aromatic heterocycles. The van der Waals surface area contributed by atoms with Crippen LogP contribution in [0.3, 0.4) is 0 Å². The number of aliphatic hydroxyl groups excluding tert-OH is 1. The number of likely N-dealkylation sites (tertiary alicyclic amines) is 1. The van der Waals surface area contributed by atoms with Crippen LogP contribution in [0.15, 0.2) is 167 Å². The maximum atomic E-state index is 10.4. The summed E-state index contributed by atoms with van der Waals surface area (Å²) in [7, 11) is 21.8. The fourth-order valence-corrected chi connectivity index (χ4v) is 13.4. The number of nitrogens with zero attached hydrogens (tertiary/aromatic N) is 11. The van der Waals surface area contributed by atoms with E-state index in [0.29, 0.717) is 78.5 Å². The van der Waals surface area contributed by atoms with Crippen molar-refractivity contribution in [3.63, 3.8) is 0 Å². The number of anilines is 5. The van der Waals surface area contributed by atoms with Crippen molar-refractivity contribution in [1.82, 2.24) is 39.7 Å². The second kappa shape index (κ2) is 70.8. The first kappa shape index (κ1) is 133. The van der Waals surface area contributed by atoms with Crippen LogP contribution < -0.4 is 81.2 Å². The molecule has 3 saturated heterocycles. The molecule has 0 unspecified atom stereocenters. The molecule has 788 valence electrons. The Balaban J connectivity index is -0.00000149. The molecule has 0 bridgehead atoms. The van der Waals surface area contributed by atoms with Gasteiger partial charge in [0.1, 0.15) is 46.9 Å². The number of aromatic nitrogens is 1. The summed E-state index contributed by atoms with van der Waals surface area (Å²) in [6.07, 6.45) is 11.7. The predicted molar refractivity (Wildman–Crippen MR) is 584 cm³/mol. The zero-order valence-electron chi connectivity index (χ0n) is 84.1. The Hall–Kier alpha value is -10.7. The van der Waals surface area contributed by atoms with Gasteiger partial charge < -0.3 is 116 Å². The van der Waals surface area contributed by atoms with E-state index in [1.165, 1.54) is 127 Å². The molecule has 0 amide bonds. The normalized spacial score (nSPS) is 13.4. The molecule has 38 heteroatoms. The van der Waals surface area contributed by atoms with Gasteiger partial charge in [0.25, 0.3) is 0 Å². The number of nitrogens with one attached hydrogen (secondary N) is 1. The topological polar surface area (TPSA) is 445 Å². The van der Waals surface area contributed by atoms with Crippen molar-refractivity contribution in [2.75, 3.05) is 225 Å². The third-order valence-corrected chi connectivity index (χ3v) is 21.9. The van der Waals surface area contributed by atoms with Gasteiger partial charge in [-0.2, -0.15) is 0 Å². The lowest BCUT2D eigenvalue weighted by molar-refractivity contribution is -0.386. The lowest BCUT2D eigenvalue weighted by Gasteiger charge is -2.34. The van der Waals surface area contributed by atoms with E-state index in [4.69, 9.17) is 80.7 Å². The fourth-order valence-electron chi connectivity index (χ4n) is 12.7. The summed E-state index contributed by atoms with van der Waals surface area (Å²) in [6, 6.07) is 39.0. The predicted octanol–water partition coefficient (Wildman–Crippen LogP) is 18.0. The third-order valence-electron chi connectivity index (χ3n) is 20.9. The minimum atomic E-state index is -1.40. The molecule has 4 aliphatic heterocycles. The molecule has 7 aromatic carbocycles. The van der Waals surface area contributed by atoms with Crippen molar-refractivity contribution in [1.29, 1.82) is 0 Å². The van der Waals surface area contributed by atoms with Gasteiger partial charge in [0, 0.05) is 140 Å². The van der Waals surface area contributed by atoms with Gasteiger partial charge in [-0.3, -0.25) is 45.1 Å². The summed E-state index contributed by atoms with van der Waals surface area (Å²) in [6.45, 7) is 38.9. The van der Waals surface area contributed by atoms with Crippen molar-refractivity contribution in [3.05, 3.63) is 203 Å². The molecule has 35 nitrogen and oxygen atoms in total. The quantitative estimate of drug-likeness (QED) is 0.00892. The van der Waals surface area contributed by atoms with Gasteiger partial charge in [0.2, 0.25) is 0 Å². The van der Waals surface area contributed by atoms with Gasteiger partial charge in [0.05, 0.1) is 106 Å². The number of aliphatic hydroxyl groups is 1. The van der Waals surface area contributed by atoms with Gasteiger partial charge in [-0.05, 0) is 256 Å². The van der Waals surface area contributed by atoms with Crippen LogP contribution in [0.1, 0.15) is 143 Å². The number of hydrogen-bond donors (Lipinski definition) is 9. The van der Waals surface area contributed by atoms with E-state index in [1.54, 1.807) is 95.3 Å². The minimum absolute atomic E-state index is 0. The lowest BCUT2D eigenvalue weighted by atomic mass is 9.82. The average molecular weight is 2090 g/mol. The molecule has 8 aromatic rings. The highest BCUT2D eigenvalue weighted by Gasteiger charge is 2.25. The average Bonchev–Trinajstić information content (AvgIpc) is 0.999. The first-order valence-electron chi connectivity index (χ1n) is 44.8. The molecule has 0 aliphatic carbocycles. The summed E-state index contributed by atoms with van der Waals surface area (Å²) in [5.74, 6) is 4.75. The van der Waals surface area contributed by atoms with Gasteiger partial charge in [-0.25, -0.2) is 0 Å². The van der Waals surface area contributed by atoms with E-state index in [2.05, 4.69) is 192 Å². The van der Waals surface area contributed by atoms with Gasteiger partial charge in [0.15, 0.2) is 17.2 Å². The number of methoxy groups -OCH3 is 7. The van der Waals surface area contributed by atoms with Crippen LogP contribution in [-0.4, -0.2) is 291 Å². The Bertz CT molecular complexity index is 4630. The first-order chi connectivity index (χ1) is 64.1. The molecule has 13 N–H and O–H groups in total. The number of piperazine rings is 2. The van der Waals surface area contributed by atoms with E-state index >= 15 is 0 Å². The number of halogens is 2. The number of nitrogen functional groups attached to an aromatic ring is 4. The van der Waals surface area contributed by atoms with E-state index in [1.807, 2.05) is 50.5 Å². The van der Waals surface area contributed by atoms with Crippen LogP contribution in [-0.2, 0) is 0 Å². The van der Waals surface area contributed by atoms with Crippen LogP contribution in [0, 0.1) is 35.8 Å². The number of likely N-dealkylation sites (N-methyl/N-ethyl adjacent to an activating group) is 2. The molecular formula is C102H169BBr2N16O19. The number of nitrogens with two attached hydrogens (primary N) is 4. The number of ether oxygens (including phenoxy) is 9. The van der Waals surface area contributed by atoms with Crippen LogP contribution in [0.25, 0.3) is 5.57 Å².